The Labute approximate surface area is 126 Å². The van der Waals surface area contributed by atoms with Gasteiger partial charge < -0.3 is 14.5 Å². The first kappa shape index (κ1) is 14.8. The number of carbonyl (C=O) groups excluding carboxylic acids is 2. The highest BCUT2D eigenvalue weighted by Gasteiger charge is 2.45. The lowest BCUT2D eigenvalue weighted by Crippen LogP contribution is -2.52. The van der Waals surface area contributed by atoms with Gasteiger partial charge in [0.15, 0.2) is 0 Å². The highest BCUT2D eigenvalue weighted by molar-refractivity contribution is 5.80. The maximum atomic E-state index is 12.9. The molecular formula is C16H26N2O3. The van der Waals surface area contributed by atoms with Gasteiger partial charge >= 0.3 is 0 Å². The molecule has 3 heterocycles. The van der Waals surface area contributed by atoms with Crippen LogP contribution in [0.5, 0.6) is 0 Å². The Balaban J connectivity index is 1.61. The van der Waals surface area contributed by atoms with E-state index in [-0.39, 0.29) is 11.8 Å². The third kappa shape index (κ3) is 2.80. The topological polar surface area (TPSA) is 49.9 Å². The van der Waals surface area contributed by atoms with Gasteiger partial charge in [-0.2, -0.15) is 0 Å². The lowest BCUT2D eigenvalue weighted by molar-refractivity contribution is -0.145. The first-order chi connectivity index (χ1) is 10.1. The summed E-state index contributed by atoms with van der Waals surface area (Å²) in [4.78, 5) is 28.3. The fraction of sp³-hybridized carbons (Fsp3) is 0.875. The lowest BCUT2D eigenvalue weighted by atomic mass is 9.92. The number of amides is 2. The summed E-state index contributed by atoms with van der Waals surface area (Å²) in [7, 11) is 1.78. The highest BCUT2D eigenvalue weighted by atomic mass is 16.5. The number of rotatable bonds is 2. The van der Waals surface area contributed by atoms with Crippen molar-refractivity contribution < 1.29 is 14.3 Å². The molecule has 0 aromatic heterocycles. The summed E-state index contributed by atoms with van der Waals surface area (Å²) < 4.78 is 5.50. The Hall–Kier alpha value is -1.10. The molecule has 0 N–H and O–H groups in total. The molecule has 0 aromatic carbocycles. The van der Waals surface area contributed by atoms with Gasteiger partial charge in [-0.15, -0.1) is 0 Å². The fourth-order valence-corrected chi connectivity index (χ4v) is 4.33. The summed E-state index contributed by atoms with van der Waals surface area (Å²) in [5, 5.41) is 0. The van der Waals surface area contributed by atoms with Gasteiger partial charge in [0.05, 0.1) is 6.10 Å². The number of ether oxygens (including phenoxy) is 1. The van der Waals surface area contributed by atoms with Crippen molar-refractivity contribution in [3.05, 3.63) is 0 Å². The van der Waals surface area contributed by atoms with Crippen molar-refractivity contribution in [2.24, 2.45) is 5.92 Å². The van der Waals surface area contributed by atoms with Gasteiger partial charge in [0, 0.05) is 45.1 Å². The van der Waals surface area contributed by atoms with E-state index in [9.17, 15) is 9.59 Å². The smallest absolute Gasteiger partial charge is 0.226 e. The Kier molecular flexibility index (Phi) is 4.20. The first-order valence-corrected chi connectivity index (χ1v) is 8.20. The zero-order valence-corrected chi connectivity index (χ0v) is 13.1. The Bertz CT molecular complexity index is 404. The van der Waals surface area contributed by atoms with Crippen molar-refractivity contribution in [3.63, 3.8) is 0 Å². The number of carbonyl (C=O) groups is 2. The minimum atomic E-state index is 0.114. The highest BCUT2D eigenvalue weighted by Crippen LogP contribution is 2.38. The number of likely N-dealkylation sites (tertiary alicyclic amines) is 1. The van der Waals surface area contributed by atoms with Crippen LogP contribution in [0.2, 0.25) is 0 Å². The number of fused-ring (bicyclic) bond motifs is 2. The van der Waals surface area contributed by atoms with E-state index < -0.39 is 0 Å². The lowest BCUT2D eigenvalue weighted by Gasteiger charge is -2.41. The minimum absolute atomic E-state index is 0.114. The van der Waals surface area contributed by atoms with E-state index in [2.05, 4.69) is 4.90 Å². The van der Waals surface area contributed by atoms with Crippen LogP contribution < -0.4 is 0 Å². The summed E-state index contributed by atoms with van der Waals surface area (Å²) in [6.45, 7) is 3.07. The van der Waals surface area contributed by atoms with Crippen LogP contribution in [-0.4, -0.2) is 60.0 Å². The molecule has 0 spiro atoms. The van der Waals surface area contributed by atoms with Crippen LogP contribution in [0, 0.1) is 5.92 Å². The molecule has 5 nitrogen and oxygen atoms in total. The molecule has 118 valence electrons. The number of hydrogen-bond acceptors (Lipinski definition) is 3. The largest absolute Gasteiger partial charge is 0.381 e. The molecule has 3 aliphatic rings. The molecule has 0 aromatic rings. The summed E-state index contributed by atoms with van der Waals surface area (Å²) >= 11 is 0. The van der Waals surface area contributed by atoms with Gasteiger partial charge in [0.2, 0.25) is 11.8 Å². The predicted molar refractivity (Wildman–Crippen MR) is 78.7 cm³/mol. The molecule has 3 aliphatic heterocycles. The van der Waals surface area contributed by atoms with E-state index in [4.69, 9.17) is 4.74 Å². The van der Waals surface area contributed by atoms with Crippen molar-refractivity contribution in [2.75, 3.05) is 20.2 Å². The monoisotopic (exact) mass is 294 g/mol. The fourth-order valence-electron chi connectivity index (χ4n) is 4.33. The van der Waals surface area contributed by atoms with Gasteiger partial charge in [-0.1, -0.05) is 0 Å². The Morgan fingerprint density at radius 2 is 1.57 bits per heavy atom. The van der Waals surface area contributed by atoms with Crippen molar-refractivity contribution >= 4 is 11.8 Å². The summed E-state index contributed by atoms with van der Waals surface area (Å²) in [6, 6.07) is 0.763. The molecule has 3 saturated heterocycles. The zero-order valence-electron chi connectivity index (χ0n) is 13.1. The molecule has 2 amide bonds. The SMILES string of the molecule is COC1CC2CCC(C1)N2C(=O)C1CCN(C(C)=O)CC1. The van der Waals surface area contributed by atoms with Crippen molar-refractivity contribution in [1.82, 2.24) is 9.80 Å². The second-order valence-corrected chi connectivity index (χ2v) is 6.74. The summed E-state index contributed by atoms with van der Waals surface area (Å²) in [5.41, 5.74) is 0. The van der Waals surface area contributed by atoms with Crippen molar-refractivity contribution in [3.8, 4) is 0 Å². The van der Waals surface area contributed by atoms with Gasteiger partial charge in [0.1, 0.15) is 0 Å². The van der Waals surface area contributed by atoms with E-state index in [0.29, 0.717) is 24.1 Å². The quantitative estimate of drug-likeness (QED) is 0.774. The van der Waals surface area contributed by atoms with Crippen LogP contribution in [-0.2, 0) is 14.3 Å². The van der Waals surface area contributed by atoms with Crippen molar-refractivity contribution in [1.29, 1.82) is 0 Å². The third-order valence-electron chi connectivity index (χ3n) is 5.57. The van der Waals surface area contributed by atoms with Crippen LogP contribution in [0.3, 0.4) is 0 Å². The van der Waals surface area contributed by atoms with Crippen LogP contribution in [0.1, 0.15) is 45.4 Å². The Morgan fingerprint density at radius 1 is 1.00 bits per heavy atom. The van der Waals surface area contributed by atoms with E-state index in [1.807, 2.05) is 4.90 Å². The second-order valence-electron chi connectivity index (χ2n) is 6.74. The Morgan fingerprint density at radius 3 is 2.05 bits per heavy atom. The van der Waals surface area contributed by atoms with E-state index >= 15 is 0 Å². The summed E-state index contributed by atoms with van der Waals surface area (Å²) in [6.07, 6.45) is 6.21. The molecular weight excluding hydrogens is 268 g/mol. The molecule has 0 aliphatic carbocycles. The van der Waals surface area contributed by atoms with Crippen molar-refractivity contribution in [2.45, 2.75) is 63.6 Å². The van der Waals surface area contributed by atoms with E-state index in [1.54, 1.807) is 14.0 Å². The molecule has 3 rings (SSSR count). The molecule has 2 atom stereocenters. The molecule has 2 bridgehead atoms. The van der Waals surface area contributed by atoms with Crippen LogP contribution >= 0.6 is 0 Å². The maximum Gasteiger partial charge on any atom is 0.226 e. The normalized spacial score (nSPS) is 33.3. The van der Waals surface area contributed by atoms with Crippen LogP contribution in [0.25, 0.3) is 0 Å². The number of nitrogens with zero attached hydrogens (tertiary/aromatic N) is 2. The average molecular weight is 294 g/mol. The van der Waals surface area contributed by atoms with Gasteiger partial charge in [-0.3, -0.25) is 9.59 Å². The van der Waals surface area contributed by atoms with Gasteiger partial charge in [0.25, 0.3) is 0 Å². The molecule has 3 fully saturated rings. The molecule has 0 radical (unpaired) electrons. The van der Waals surface area contributed by atoms with Gasteiger partial charge in [-0.25, -0.2) is 0 Å². The molecule has 21 heavy (non-hydrogen) atoms. The summed E-state index contributed by atoms with van der Waals surface area (Å²) in [5.74, 6) is 0.574. The molecule has 0 saturated carbocycles. The minimum Gasteiger partial charge on any atom is -0.381 e. The van der Waals surface area contributed by atoms with Gasteiger partial charge in [-0.05, 0) is 38.5 Å². The van der Waals surface area contributed by atoms with E-state index in [1.165, 1.54) is 0 Å². The van der Waals surface area contributed by atoms with E-state index in [0.717, 1.165) is 51.6 Å². The third-order valence-corrected chi connectivity index (χ3v) is 5.57. The number of hydrogen-bond donors (Lipinski definition) is 0. The van der Waals surface area contributed by atoms with Crippen LogP contribution in [0.15, 0.2) is 0 Å². The molecule has 5 heteroatoms. The zero-order chi connectivity index (χ0) is 15.0. The average Bonchev–Trinajstić information content (AvgIpc) is 2.76. The molecule has 2 unspecified atom stereocenters. The maximum absolute atomic E-state index is 12.9. The van der Waals surface area contributed by atoms with Crippen LogP contribution in [0.4, 0.5) is 0 Å². The number of methoxy groups -OCH3 is 1. The second kappa shape index (κ2) is 5.95. The predicted octanol–water partition coefficient (Wildman–Crippen LogP) is 1.41. The number of piperidine rings is 2. The standard InChI is InChI=1S/C16H26N2O3/c1-11(19)17-7-5-12(6-8-17)16(20)18-13-3-4-14(18)10-15(9-13)21-2/h12-15H,3-10H2,1-2H3. The first-order valence-electron chi connectivity index (χ1n) is 8.20.